The second-order valence-electron chi connectivity index (χ2n) is 5.59. The first-order valence-electron chi connectivity index (χ1n) is 7.98. The van der Waals surface area contributed by atoms with Crippen LogP contribution in [0.25, 0.3) is 11.4 Å². The van der Waals surface area contributed by atoms with Crippen LogP contribution in [0.4, 0.5) is 5.82 Å². The lowest BCUT2D eigenvalue weighted by atomic mass is 10.2. The van der Waals surface area contributed by atoms with Crippen molar-refractivity contribution in [1.29, 1.82) is 0 Å². The number of hydrogen-bond acceptors (Lipinski definition) is 4. The van der Waals surface area contributed by atoms with Gasteiger partial charge in [-0.25, -0.2) is 9.97 Å². The highest BCUT2D eigenvalue weighted by Crippen LogP contribution is 2.29. The van der Waals surface area contributed by atoms with Crippen LogP contribution in [-0.2, 0) is 19.4 Å². The van der Waals surface area contributed by atoms with Crippen LogP contribution in [0.2, 0.25) is 0 Å². The number of aromatic nitrogens is 4. The maximum absolute atomic E-state index is 4.76. The number of hydrogen-bond donors (Lipinski definition) is 1. The first-order valence-corrected chi connectivity index (χ1v) is 7.98. The number of nitrogens with zero attached hydrogens (tertiary/aromatic N) is 4. The third-order valence-electron chi connectivity index (χ3n) is 3.82. The molecule has 0 radical (unpaired) electrons. The van der Waals surface area contributed by atoms with Gasteiger partial charge in [-0.05, 0) is 32.1 Å². The van der Waals surface area contributed by atoms with Crippen LogP contribution >= 0.6 is 0 Å². The predicted molar refractivity (Wildman–Crippen MR) is 84.3 cm³/mol. The van der Waals surface area contributed by atoms with Gasteiger partial charge in [0.2, 0.25) is 0 Å². The molecule has 0 aliphatic heterocycles. The Labute approximate surface area is 125 Å². The van der Waals surface area contributed by atoms with Gasteiger partial charge >= 0.3 is 0 Å². The van der Waals surface area contributed by atoms with Crippen LogP contribution in [0.15, 0.2) is 12.4 Å². The summed E-state index contributed by atoms with van der Waals surface area (Å²) >= 11 is 0. The Morgan fingerprint density at radius 1 is 1.19 bits per heavy atom. The zero-order valence-corrected chi connectivity index (χ0v) is 12.9. The Morgan fingerprint density at radius 2 is 2.10 bits per heavy atom. The Kier molecular flexibility index (Phi) is 4.18. The molecule has 0 unspecified atom stereocenters. The number of aryl methyl sites for hydroxylation is 2. The van der Waals surface area contributed by atoms with Gasteiger partial charge in [0.05, 0.1) is 11.8 Å². The molecule has 112 valence electrons. The average Bonchev–Trinajstić information content (AvgIpc) is 3.13. The van der Waals surface area contributed by atoms with E-state index in [1.165, 1.54) is 17.7 Å². The topological polar surface area (TPSA) is 55.6 Å². The molecule has 0 saturated carbocycles. The summed E-state index contributed by atoms with van der Waals surface area (Å²) in [7, 11) is 0. The smallest absolute Gasteiger partial charge is 0.164 e. The highest BCUT2D eigenvalue weighted by molar-refractivity contribution is 5.59. The molecular formula is C16H23N5. The molecule has 2 heterocycles. The molecule has 5 nitrogen and oxygen atoms in total. The zero-order valence-electron chi connectivity index (χ0n) is 12.9. The summed E-state index contributed by atoms with van der Waals surface area (Å²) in [6, 6.07) is 0. The summed E-state index contributed by atoms with van der Waals surface area (Å²) < 4.78 is 1.96. The molecule has 0 amide bonds. The molecule has 21 heavy (non-hydrogen) atoms. The first-order chi connectivity index (χ1) is 10.3. The standard InChI is InChI=1S/C16H23N5/c1-3-8-17-16-13-6-5-7-14(13)19-15(20-16)12-10-18-21(11-12)9-4-2/h10-11H,3-9H2,1-2H3,(H,17,19,20). The second-order valence-corrected chi connectivity index (χ2v) is 5.59. The van der Waals surface area contributed by atoms with Crippen molar-refractivity contribution in [3.63, 3.8) is 0 Å². The van der Waals surface area contributed by atoms with Gasteiger partial charge in [-0.15, -0.1) is 0 Å². The van der Waals surface area contributed by atoms with Crippen LogP contribution < -0.4 is 5.32 Å². The van der Waals surface area contributed by atoms with Crippen molar-refractivity contribution in [2.45, 2.75) is 52.5 Å². The minimum absolute atomic E-state index is 0.802. The van der Waals surface area contributed by atoms with Gasteiger partial charge in [0.25, 0.3) is 0 Å². The molecule has 2 aromatic rings. The molecule has 1 aliphatic carbocycles. The summed E-state index contributed by atoms with van der Waals surface area (Å²) in [5.74, 6) is 1.83. The third kappa shape index (κ3) is 2.91. The second kappa shape index (κ2) is 6.24. The van der Waals surface area contributed by atoms with E-state index < -0.39 is 0 Å². The maximum Gasteiger partial charge on any atom is 0.164 e. The number of nitrogens with one attached hydrogen (secondary N) is 1. The minimum atomic E-state index is 0.802. The summed E-state index contributed by atoms with van der Waals surface area (Å²) in [6.45, 7) is 6.22. The van der Waals surface area contributed by atoms with Gasteiger partial charge in [-0.1, -0.05) is 13.8 Å². The SMILES string of the molecule is CCCNc1nc(-c2cnn(CCC)c2)nc2c1CCC2. The molecule has 0 bridgehead atoms. The molecule has 0 aromatic carbocycles. The molecule has 0 atom stereocenters. The van der Waals surface area contributed by atoms with Crippen LogP contribution in [0, 0.1) is 0 Å². The Bertz CT molecular complexity index is 617. The number of anilines is 1. The summed E-state index contributed by atoms with van der Waals surface area (Å²) in [5, 5.41) is 7.84. The molecule has 0 spiro atoms. The first kappa shape index (κ1) is 14.0. The fraction of sp³-hybridized carbons (Fsp3) is 0.562. The van der Waals surface area contributed by atoms with E-state index in [1.54, 1.807) is 0 Å². The lowest BCUT2D eigenvalue weighted by Crippen LogP contribution is -2.08. The van der Waals surface area contributed by atoms with Crippen molar-refractivity contribution in [2.75, 3.05) is 11.9 Å². The van der Waals surface area contributed by atoms with E-state index in [0.717, 1.165) is 56.0 Å². The number of fused-ring (bicyclic) bond motifs is 1. The monoisotopic (exact) mass is 285 g/mol. The van der Waals surface area contributed by atoms with Crippen molar-refractivity contribution in [1.82, 2.24) is 19.7 Å². The van der Waals surface area contributed by atoms with Crippen LogP contribution in [-0.4, -0.2) is 26.3 Å². The fourth-order valence-corrected chi connectivity index (χ4v) is 2.78. The molecule has 1 aliphatic rings. The summed E-state index contributed by atoms with van der Waals surface area (Å²) in [5.41, 5.74) is 3.53. The van der Waals surface area contributed by atoms with E-state index in [4.69, 9.17) is 9.97 Å². The van der Waals surface area contributed by atoms with Gasteiger partial charge in [-0.2, -0.15) is 5.10 Å². The van der Waals surface area contributed by atoms with Gasteiger partial charge in [0.15, 0.2) is 5.82 Å². The van der Waals surface area contributed by atoms with E-state index in [2.05, 4.69) is 24.3 Å². The highest BCUT2D eigenvalue weighted by atomic mass is 15.3. The molecular weight excluding hydrogens is 262 g/mol. The Balaban J connectivity index is 1.94. The molecule has 5 heteroatoms. The Morgan fingerprint density at radius 3 is 2.90 bits per heavy atom. The van der Waals surface area contributed by atoms with Crippen molar-refractivity contribution >= 4 is 5.82 Å². The van der Waals surface area contributed by atoms with Crippen molar-refractivity contribution in [3.8, 4) is 11.4 Å². The van der Waals surface area contributed by atoms with Gasteiger partial charge in [0, 0.05) is 30.5 Å². The van der Waals surface area contributed by atoms with Crippen molar-refractivity contribution < 1.29 is 0 Å². The Hall–Kier alpha value is -1.91. The van der Waals surface area contributed by atoms with Crippen molar-refractivity contribution in [3.05, 3.63) is 23.7 Å². The largest absolute Gasteiger partial charge is 0.370 e. The number of rotatable bonds is 6. The van der Waals surface area contributed by atoms with Crippen molar-refractivity contribution in [2.24, 2.45) is 0 Å². The molecule has 2 aromatic heterocycles. The van der Waals surface area contributed by atoms with E-state index >= 15 is 0 Å². The van der Waals surface area contributed by atoms with Crippen LogP contribution in [0.5, 0.6) is 0 Å². The van der Waals surface area contributed by atoms with E-state index in [1.807, 2.05) is 17.1 Å². The van der Waals surface area contributed by atoms with E-state index in [9.17, 15) is 0 Å². The lowest BCUT2D eigenvalue weighted by Gasteiger charge is -2.10. The van der Waals surface area contributed by atoms with Gasteiger partial charge in [0.1, 0.15) is 5.82 Å². The lowest BCUT2D eigenvalue weighted by molar-refractivity contribution is 0.603. The van der Waals surface area contributed by atoms with Gasteiger partial charge in [-0.3, -0.25) is 4.68 Å². The predicted octanol–water partition coefficient (Wildman–Crippen LogP) is 3.06. The molecule has 3 rings (SSSR count). The van der Waals surface area contributed by atoms with Crippen LogP contribution in [0.1, 0.15) is 44.4 Å². The fourth-order valence-electron chi connectivity index (χ4n) is 2.78. The van der Waals surface area contributed by atoms with Crippen LogP contribution in [0.3, 0.4) is 0 Å². The average molecular weight is 285 g/mol. The maximum atomic E-state index is 4.76. The molecule has 1 N–H and O–H groups in total. The summed E-state index contributed by atoms with van der Waals surface area (Å²) in [6.07, 6.45) is 9.44. The molecule has 0 fully saturated rings. The van der Waals surface area contributed by atoms with Gasteiger partial charge < -0.3 is 5.32 Å². The quantitative estimate of drug-likeness (QED) is 0.886. The highest BCUT2D eigenvalue weighted by Gasteiger charge is 2.20. The minimum Gasteiger partial charge on any atom is -0.370 e. The zero-order chi connectivity index (χ0) is 14.7. The molecule has 0 saturated heterocycles. The third-order valence-corrected chi connectivity index (χ3v) is 3.82. The normalized spacial score (nSPS) is 13.4. The summed E-state index contributed by atoms with van der Waals surface area (Å²) in [4.78, 5) is 9.51. The van der Waals surface area contributed by atoms with E-state index in [-0.39, 0.29) is 0 Å². The van der Waals surface area contributed by atoms with E-state index in [0.29, 0.717) is 0 Å².